The first-order chi connectivity index (χ1) is 12.0. The van der Waals surface area contributed by atoms with E-state index >= 15 is 0 Å². The van der Waals surface area contributed by atoms with Crippen LogP contribution in [0.1, 0.15) is 69.2 Å². The molecule has 1 aliphatic heterocycles. The summed E-state index contributed by atoms with van der Waals surface area (Å²) < 4.78 is 0. The van der Waals surface area contributed by atoms with Crippen LogP contribution in [0.4, 0.5) is 0 Å². The van der Waals surface area contributed by atoms with E-state index in [1.807, 2.05) is 0 Å². The van der Waals surface area contributed by atoms with Gasteiger partial charge in [0, 0.05) is 28.0 Å². The number of hydrogen-bond donors (Lipinski definition) is 1. The van der Waals surface area contributed by atoms with Gasteiger partial charge in [-0.3, -0.25) is 0 Å². The normalized spacial score (nSPS) is 38.3. The molecule has 2 aromatic rings. The van der Waals surface area contributed by atoms with Crippen molar-refractivity contribution < 1.29 is 5.32 Å². The number of quaternary nitrogens is 1. The SMILES string of the molecule is CCC(C)CC12CC1C1(C)[NH2+]C(C)(c3ccccc32)c2ccccc21. The maximum absolute atomic E-state index is 2.71. The minimum absolute atomic E-state index is 0.0534. The number of fused-ring (bicyclic) bond motifs is 5. The van der Waals surface area contributed by atoms with Gasteiger partial charge in [0.05, 0.1) is 0 Å². The summed E-state index contributed by atoms with van der Waals surface area (Å²) in [6.45, 7) is 9.76. The lowest BCUT2D eigenvalue weighted by molar-refractivity contribution is -0.784. The predicted molar refractivity (Wildman–Crippen MR) is 102 cm³/mol. The van der Waals surface area contributed by atoms with Gasteiger partial charge in [-0.1, -0.05) is 68.8 Å². The third kappa shape index (κ3) is 1.78. The molecule has 1 heteroatoms. The van der Waals surface area contributed by atoms with Crippen LogP contribution in [0.3, 0.4) is 0 Å². The molecule has 1 nitrogen and oxygen atoms in total. The van der Waals surface area contributed by atoms with Crippen LogP contribution in [0.2, 0.25) is 0 Å². The van der Waals surface area contributed by atoms with Gasteiger partial charge in [0.15, 0.2) is 0 Å². The van der Waals surface area contributed by atoms with E-state index in [2.05, 4.69) is 81.5 Å². The molecule has 0 radical (unpaired) electrons. The van der Waals surface area contributed by atoms with E-state index in [0.717, 1.165) is 11.8 Å². The molecule has 1 fully saturated rings. The molecule has 0 saturated heterocycles. The van der Waals surface area contributed by atoms with Gasteiger partial charge >= 0.3 is 0 Å². The van der Waals surface area contributed by atoms with Gasteiger partial charge in [0.1, 0.15) is 11.1 Å². The Balaban J connectivity index is 1.79. The molecular formula is C24H30N+. The minimum atomic E-state index is 0.0534. The van der Waals surface area contributed by atoms with Crippen molar-refractivity contribution in [2.75, 3.05) is 0 Å². The molecule has 5 atom stereocenters. The Morgan fingerprint density at radius 3 is 2.16 bits per heavy atom. The highest BCUT2D eigenvalue weighted by Crippen LogP contribution is 2.68. The maximum Gasteiger partial charge on any atom is 0.146 e. The van der Waals surface area contributed by atoms with Crippen LogP contribution >= 0.6 is 0 Å². The zero-order valence-corrected chi connectivity index (χ0v) is 16.0. The summed E-state index contributed by atoms with van der Waals surface area (Å²) in [5.41, 5.74) is 6.99. The first kappa shape index (κ1) is 15.6. The fraction of sp³-hybridized carbons (Fsp3) is 0.500. The minimum Gasteiger partial charge on any atom is -0.325 e. The van der Waals surface area contributed by atoms with Gasteiger partial charge in [0.25, 0.3) is 0 Å². The molecule has 2 aliphatic carbocycles. The third-order valence-corrected chi connectivity index (χ3v) is 7.89. The molecule has 1 heterocycles. The van der Waals surface area contributed by atoms with Crippen molar-refractivity contribution in [2.24, 2.45) is 11.8 Å². The maximum atomic E-state index is 2.71. The quantitative estimate of drug-likeness (QED) is 0.855. The highest BCUT2D eigenvalue weighted by molar-refractivity contribution is 5.56. The monoisotopic (exact) mass is 332 g/mol. The van der Waals surface area contributed by atoms with Crippen molar-refractivity contribution in [3.63, 3.8) is 0 Å². The average Bonchev–Trinajstić information content (AvgIpc) is 3.32. The van der Waals surface area contributed by atoms with Crippen LogP contribution in [-0.2, 0) is 16.5 Å². The molecular weight excluding hydrogens is 302 g/mol. The van der Waals surface area contributed by atoms with Gasteiger partial charge in [-0.2, -0.15) is 0 Å². The van der Waals surface area contributed by atoms with E-state index in [9.17, 15) is 0 Å². The van der Waals surface area contributed by atoms with Crippen LogP contribution in [0, 0.1) is 11.8 Å². The fourth-order valence-corrected chi connectivity index (χ4v) is 6.53. The van der Waals surface area contributed by atoms with Crippen molar-refractivity contribution in [3.05, 3.63) is 70.8 Å². The molecule has 5 unspecified atom stereocenters. The Bertz CT molecular complexity index is 855. The van der Waals surface area contributed by atoms with Gasteiger partial charge in [-0.25, -0.2) is 0 Å². The van der Waals surface area contributed by atoms with Crippen LogP contribution < -0.4 is 5.32 Å². The molecule has 2 bridgehead atoms. The average molecular weight is 333 g/mol. The zero-order valence-electron chi connectivity index (χ0n) is 16.0. The lowest BCUT2D eigenvalue weighted by Gasteiger charge is -2.29. The van der Waals surface area contributed by atoms with E-state index in [1.165, 1.54) is 24.8 Å². The molecule has 25 heavy (non-hydrogen) atoms. The Kier molecular flexibility index (Phi) is 2.98. The first-order valence-electron chi connectivity index (χ1n) is 10.0. The summed E-state index contributed by atoms with van der Waals surface area (Å²) in [6.07, 6.45) is 3.98. The Hall–Kier alpha value is -1.60. The van der Waals surface area contributed by atoms with Crippen LogP contribution in [0.15, 0.2) is 48.5 Å². The first-order valence-corrected chi connectivity index (χ1v) is 10.0. The Morgan fingerprint density at radius 1 is 0.960 bits per heavy atom. The number of nitrogens with two attached hydrogens (primary N) is 1. The summed E-state index contributed by atoms with van der Waals surface area (Å²) in [5, 5.41) is 2.71. The van der Waals surface area contributed by atoms with E-state index < -0.39 is 0 Å². The highest BCUT2D eigenvalue weighted by Gasteiger charge is 2.72. The van der Waals surface area contributed by atoms with Gasteiger partial charge in [0.2, 0.25) is 0 Å². The van der Waals surface area contributed by atoms with Crippen LogP contribution in [0.25, 0.3) is 0 Å². The third-order valence-electron chi connectivity index (χ3n) is 7.89. The second-order valence-electron chi connectivity index (χ2n) is 9.35. The van der Waals surface area contributed by atoms with Gasteiger partial charge < -0.3 is 5.32 Å². The highest BCUT2D eigenvalue weighted by atomic mass is 15.1. The van der Waals surface area contributed by atoms with E-state index in [1.54, 1.807) is 16.7 Å². The molecule has 0 aromatic heterocycles. The second kappa shape index (κ2) is 4.76. The fourth-order valence-electron chi connectivity index (χ4n) is 6.53. The smallest absolute Gasteiger partial charge is 0.146 e. The topological polar surface area (TPSA) is 16.6 Å². The van der Waals surface area contributed by atoms with E-state index in [0.29, 0.717) is 5.41 Å². The lowest BCUT2D eigenvalue weighted by atomic mass is 9.71. The van der Waals surface area contributed by atoms with Crippen molar-refractivity contribution in [3.8, 4) is 0 Å². The van der Waals surface area contributed by atoms with Crippen LogP contribution in [-0.4, -0.2) is 0 Å². The number of rotatable bonds is 3. The largest absolute Gasteiger partial charge is 0.325 e. The van der Waals surface area contributed by atoms with Crippen molar-refractivity contribution in [1.82, 2.24) is 0 Å². The Morgan fingerprint density at radius 2 is 1.52 bits per heavy atom. The molecule has 1 saturated carbocycles. The summed E-state index contributed by atoms with van der Waals surface area (Å²) in [7, 11) is 0. The summed E-state index contributed by atoms with van der Waals surface area (Å²) in [5.74, 6) is 1.54. The molecule has 0 amide bonds. The predicted octanol–water partition coefficient (Wildman–Crippen LogP) is 4.45. The Labute approximate surface area is 151 Å². The van der Waals surface area contributed by atoms with Crippen LogP contribution in [0.5, 0.6) is 0 Å². The number of benzene rings is 2. The molecule has 2 aromatic carbocycles. The molecule has 2 N–H and O–H groups in total. The van der Waals surface area contributed by atoms with Crippen molar-refractivity contribution in [1.29, 1.82) is 0 Å². The summed E-state index contributed by atoms with van der Waals surface area (Å²) >= 11 is 0. The van der Waals surface area contributed by atoms with Gasteiger partial charge in [-0.05, 0) is 38.2 Å². The van der Waals surface area contributed by atoms with Crippen molar-refractivity contribution in [2.45, 2.75) is 63.5 Å². The lowest BCUT2D eigenvalue weighted by Crippen LogP contribution is -2.99. The molecule has 130 valence electrons. The zero-order chi connectivity index (χ0) is 17.4. The summed E-state index contributed by atoms with van der Waals surface area (Å²) in [6, 6.07) is 18.6. The van der Waals surface area contributed by atoms with Crippen molar-refractivity contribution >= 4 is 0 Å². The van der Waals surface area contributed by atoms with E-state index in [-0.39, 0.29) is 11.1 Å². The standard InChI is InChI=1S/C24H29N/c1-5-16(2)14-24-15-21(24)23(4)18-11-7-6-10-17(18)22(3,25-23)19-12-8-9-13-20(19)24/h6-13,16,21,25H,5,14-15H2,1-4H3/p+1. The number of hydrogen-bond acceptors (Lipinski definition) is 0. The van der Waals surface area contributed by atoms with E-state index in [4.69, 9.17) is 0 Å². The second-order valence-corrected chi connectivity index (χ2v) is 9.35. The molecule has 3 aliphatic rings. The van der Waals surface area contributed by atoms with Gasteiger partial charge in [-0.15, -0.1) is 0 Å². The molecule has 5 rings (SSSR count). The molecule has 0 spiro atoms. The summed E-state index contributed by atoms with van der Waals surface area (Å²) in [4.78, 5) is 0.